The van der Waals surface area contributed by atoms with Gasteiger partial charge in [-0.05, 0) is 40.8 Å². The predicted molar refractivity (Wildman–Crippen MR) is 97.8 cm³/mol. The fourth-order valence-corrected chi connectivity index (χ4v) is 2.63. The first-order valence-electron chi connectivity index (χ1n) is 7.93. The Bertz CT molecular complexity index is 917. The van der Waals surface area contributed by atoms with Gasteiger partial charge in [0.15, 0.2) is 0 Å². The molecule has 25 heavy (non-hydrogen) atoms. The van der Waals surface area contributed by atoms with Crippen LogP contribution >= 0.6 is 0 Å². The monoisotopic (exact) mass is 335 g/mol. The maximum Gasteiger partial charge on any atom is 0.244 e. The Morgan fingerprint density at radius 2 is 1.76 bits per heavy atom. The number of halogens is 1. The quantitative estimate of drug-likeness (QED) is 0.705. The summed E-state index contributed by atoms with van der Waals surface area (Å²) in [6, 6.07) is 17.7. The smallest absolute Gasteiger partial charge is 0.244 e. The number of carbonyl (C=O) groups is 1. The van der Waals surface area contributed by atoms with Gasteiger partial charge in [0.1, 0.15) is 11.6 Å². The van der Waals surface area contributed by atoms with Gasteiger partial charge in [0.25, 0.3) is 0 Å². The minimum absolute atomic E-state index is 0.204. The summed E-state index contributed by atoms with van der Waals surface area (Å²) in [7, 11) is 1.64. The summed E-state index contributed by atoms with van der Waals surface area (Å²) in [6.45, 7) is 0.354. The van der Waals surface area contributed by atoms with Gasteiger partial charge in [0, 0.05) is 18.0 Å². The molecule has 0 unspecified atom stereocenters. The molecule has 3 rings (SSSR count). The van der Waals surface area contributed by atoms with Crippen LogP contribution in [0.25, 0.3) is 16.8 Å². The molecule has 1 amide bonds. The SMILES string of the molecule is COc1ccc(/C=C\C(=O)NCc2ccc(F)cc2)c2ccccc12. The maximum absolute atomic E-state index is 12.9. The van der Waals surface area contributed by atoms with E-state index < -0.39 is 0 Å². The van der Waals surface area contributed by atoms with Crippen LogP contribution in [0.2, 0.25) is 0 Å². The zero-order valence-electron chi connectivity index (χ0n) is 13.8. The van der Waals surface area contributed by atoms with Gasteiger partial charge in [-0.1, -0.05) is 42.5 Å². The molecule has 0 saturated carbocycles. The second-order valence-electron chi connectivity index (χ2n) is 5.58. The lowest BCUT2D eigenvalue weighted by Gasteiger charge is -2.08. The van der Waals surface area contributed by atoms with Crippen LogP contribution in [0.4, 0.5) is 4.39 Å². The zero-order chi connectivity index (χ0) is 17.6. The summed E-state index contributed by atoms with van der Waals surface area (Å²) < 4.78 is 18.2. The lowest BCUT2D eigenvalue weighted by molar-refractivity contribution is -0.116. The Morgan fingerprint density at radius 3 is 2.48 bits per heavy atom. The first-order chi connectivity index (χ1) is 12.2. The molecule has 3 aromatic rings. The molecule has 0 fully saturated rings. The minimum atomic E-state index is -0.290. The van der Waals surface area contributed by atoms with Crippen molar-refractivity contribution >= 4 is 22.8 Å². The van der Waals surface area contributed by atoms with Crippen LogP contribution < -0.4 is 10.1 Å². The highest BCUT2D eigenvalue weighted by Gasteiger charge is 2.04. The molecule has 4 heteroatoms. The molecular weight excluding hydrogens is 317 g/mol. The van der Waals surface area contributed by atoms with E-state index in [1.807, 2.05) is 36.4 Å². The van der Waals surface area contributed by atoms with Gasteiger partial charge in [-0.3, -0.25) is 4.79 Å². The Kier molecular flexibility index (Phi) is 5.09. The van der Waals surface area contributed by atoms with Crippen molar-refractivity contribution in [1.29, 1.82) is 0 Å². The molecule has 0 spiro atoms. The largest absolute Gasteiger partial charge is 0.496 e. The highest BCUT2D eigenvalue weighted by Crippen LogP contribution is 2.28. The Morgan fingerprint density at radius 1 is 1.04 bits per heavy atom. The van der Waals surface area contributed by atoms with E-state index in [1.165, 1.54) is 18.2 Å². The second-order valence-corrected chi connectivity index (χ2v) is 5.58. The molecular formula is C21H18FNO2. The number of hydrogen-bond donors (Lipinski definition) is 1. The number of amides is 1. The molecule has 0 atom stereocenters. The number of methoxy groups -OCH3 is 1. The van der Waals surface area contributed by atoms with Gasteiger partial charge in [0.05, 0.1) is 7.11 Å². The summed E-state index contributed by atoms with van der Waals surface area (Å²) in [5.74, 6) is 0.305. The topological polar surface area (TPSA) is 38.3 Å². The third kappa shape index (κ3) is 4.04. The van der Waals surface area contributed by atoms with Gasteiger partial charge in [-0.25, -0.2) is 4.39 Å². The van der Waals surface area contributed by atoms with E-state index in [1.54, 1.807) is 25.3 Å². The van der Waals surface area contributed by atoms with Crippen LogP contribution in [-0.4, -0.2) is 13.0 Å². The summed E-state index contributed by atoms with van der Waals surface area (Å²) >= 11 is 0. The molecule has 126 valence electrons. The molecule has 1 N–H and O–H groups in total. The number of ether oxygens (including phenoxy) is 1. The van der Waals surface area contributed by atoms with Gasteiger partial charge < -0.3 is 10.1 Å². The fraction of sp³-hybridized carbons (Fsp3) is 0.0952. The number of carbonyl (C=O) groups excluding carboxylic acids is 1. The van der Waals surface area contributed by atoms with Crippen molar-refractivity contribution in [2.45, 2.75) is 6.54 Å². The molecule has 0 aliphatic carbocycles. The Hall–Kier alpha value is -3.14. The van der Waals surface area contributed by atoms with E-state index in [4.69, 9.17) is 4.74 Å². The number of rotatable bonds is 5. The zero-order valence-corrected chi connectivity index (χ0v) is 13.8. The highest BCUT2D eigenvalue weighted by atomic mass is 19.1. The predicted octanol–water partition coefficient (Wildman–Crippen LogP) is 4.32. The van der Waals surface area contributed by atoms with Crippen molar-refractivity contribution in [1.82, 2.24) is 5.32 Å². The van der Waals surface area contributed by atoms with Crippen molar-refractivity contribution < 1.29 is 13.9 Å². The van der Waals surface area contributed by atoms with E-state index in [9.17, 15) is 9.18 Å². The van der Waals surface area contributed by atoms with E-state index in [2.05, 4.69) is 5.32 Å². The molecule has 0 aliphatic heterocycles. The molecule has 0 aromatic heterocycles. The Labute approximate surface area is 145 Å². The van der Waals surface area contributed by atoms with Crippen molar-refractivity contribution in [3.05, 3.63) is 83.7 Å². The van der Waals surface area contributed by atoms with Crippen LogP contribution in [0.15, 0.2) is 66.7 Å². The van der Waals surface area contributed by atoms with Crippen molar-refractivity contribution in [2.24, 2.45) is 0 Å². The third-order valence-corrected chi connectivity index (χ3v) is 3.93. The number of benzene rings is 3. The summed E-state index contributed by atoms with van der Waals surface area (Å²) in [5.41, 5.74) is 1.78. The molecule has 0 aliphatic rings. The van der Waals surface area contributed by atoms with Crippen molar-refractivity contribution in [3.8, 4) is 5.75 Å². The van der Waals surface area contributed by atoms with Gasteiger partial charge >= 0.3 is 0 Å². The van der Waals surface area contributed by atoms with Crippen LogP contribution in [0.3, 0.4) is 0 Å². The van der Waals surface area contributed by atoms with Crippen LogP contribution in [0.1, 0.15) is 11.1 Å². The molecule has 0 radical (unpaired) electrons. The van der Waals surface area contributed by atoms with E-state index >= 15 is 0 Å². The average molecular weight is 335 g/mol. The summed E-state index contributed by atoms with van der Waals surface area (Å²) in [6.07, 6.45) is 3.28. The lowest BCUT2D eigenvalue weighted by Crippen LogP contribution is -2.20. The first-order valence-corrected chi connectivity index (χ1v) is 7.93. The van der Waals surface area contributed by atoms with Crippen molar-refractivity contribution in [3.63, 3.8) is 0 Å². The van der Waals surface area contributed by atoms with E-state index in [0.29, 0.717) is 6.54 Å². The lowest BCUT2D eigenvalue weighted by atomic mass is 10.0. The molecule has 0 bridgehead atoms. The Balaban J connectivity index is 1.72. The van der Waals surface area contributed by atoms with Gasteiger partial charge in [-0.2, -0.15) is 0 Å². The molecule has 0 heterocycles. The summed E-state index contributed by atoms with van der Waals surface area (Å²) in [5, 5.41) is 4.80. The number of hydrogen-bond acceptors (Lipinski definition) is 2. The first kappa shape index (κ1) is 16.7. The average Bonchev–Trinajstić information content (AvgIpc) is 2.65. The van der Waals surface area contributed by atoms with Crippen LogP contribution in [0, 0.1) is 5.82 Å². The standard InChI is InChI=1S/C21H18FNO2/c1-25-20-12-8-16(18-4-2-3-5-19(18)20)9-13-21(24)23-14-15-6-10-17(22)11-7-15/h2-13H,14H2,1H3,(H,23,24)/b13-9-. The van der Waals surface area contributed by atoms with Gasteiger partial charge in [-0.15, -0.1) is 0 Å². The number of nitrogens with one attached hydrogen (secondary N) is 1. The molecule has 3 nitrogen and oxygen atoms in total. The van der Waals surface area contributed by atoms with Crippen molar-refractivity contribution in [2.75, 3.05) is 7.11 Å². The van der Waals surface area contributed by atoms with Gasteiger partial charge in [0.2, 0.25) is 5.91 Å². The third-order valence-electron chi connectivity index (χ3n) is 3.93. The highest BCUT2D eigenvalue weighted by molar-refractivity contribution is 5.98. The fourth-order valence-electron chi connectivity index (χ4n) is 2.63. The number of fused-ring (bicyclic) bond motifs is 1. The summed E-state index contributed by atoms with van der Waals surface area (Å²) in [4.78, 5) is 12.0. The molecule has 3 aromatic carbocycles. The van der Waals surface area contributed by atoms with Crippen LogP contribution in [-0.2, 0) is 11.3 Å². The van der Waals surface area contributed by atoms with E-state index in [-0.39, 0.29) is 11.7 Å². The van der Waals surface area contributed by atoms with E-state index in [0.717, 1.165) is 27.6 Å². The normalized spacial score (nSPS) is 11.0. The second kappa shape index (κ2) is 7.62. The van der Waals surface area contributed by atoms with Crippen LogP contribution in [0.5, 0.6) is 5.75 Å². The minimum Gasteiger partial charge on any atom is -0.496 e. The molecule has 0 saturated heterocycles. The maximum atomic E-state index is 12.9.